The highest BCUT2D eigenvalue weighted by Crippen LogP contribution is 2.44. The summed E-state index contributed by atoms with van der Waals surface area (Å²) in [5.74, 6) is -1.47. The minimum atomic E-state index is -0.981. The van der Waals surface area contributed by atoms with Gasteiger partial charge in [0.05, 0.1) is 11.6 Å². The Morgan fingerprint density at radius 1 is 0.973 bits per heavy atom. The summed E-state index contributed by atoms with van der Waals surface area (Å²) in [6.07, 6.45) is 0. The molecule has 0 saturated carbocycles. The Labute approximate surface area is 230 Å². The number of aliphatic hydroxyl groups is 1. The molecule has 186 valence electrons. The first-order valence-electron chi connectivity index (χ1n) is 10.9. The zero-order chi connectivity index (χ0) is 26.1. The van der Waals surface area contributed by atoms with Crippen LogP contribution in [0.25, 0.3) is 5.76 Å². The Hall–Kier alpha value is -3.37. The molecule has 2 heterocycles. The van der Waals surface area contributed by atoms with Crippen LogP contribution in [0.15, 0.2) is 82.7 Å². The predicted molar refractivity (Wildman–Crippen MR) is 145 cm³/mol. The Balaban J connectivity index is 1.54. The zero-order valence-electron chi connectivity index (χ0n) is 18.8. The number of thioether (sulfide) groups is 1. The lowest BCUT2D eigenvalue weighted by molar-refractivity contribution is -0.132. The molecule has 5 rings (SSSR count). The van der Waals surface area contributed by atoms with E-state index in [-0.39, 0.29) is 22.2 Å². The van der Waals surface area contributed by atoms with E-state index in [4.69, 9.17) is 23.2 Å². The maximum Gasteiger partial charge on any atom is 0.301 e. The van der Waals surface area contributed by atoms with Crippen molar-refractivity contribution in [2.24, 2.45) is 0 Å². The fourth-order valence-electron chi connectivity index (χ4n) is 3.88. The lowest BCUT2D eigenvalue weighted by atomic mass is 9.95. The number of aromatic nitrogens is 2. The smallest absolute Gasteiger partial charge is 0.301 e. The van der Waals surface area contributed by atoms with Gasteiger partial charge in [0.15, 0.2) is 4.34 Å². The Bertz CT molecular complexity index is 1520. The Morgan fingerprint density at radius 3 is 2.38 bits per heavy atom. The lowest BCUT2D eigenvalue weighted by Gasteiger charge is -2.22. The first kappa shape index (κ1) is 25.3. The molecule has 1 aliphatic rings. The molecule has 1 unspecified atom stereocenters. The van der Waals surface area contributed by atoms with Crippen LogP contribution >= 0.6 is 46.3 Å². The van der Waals surface area contributed by atoms with Gasteiger partial charge >= 0.3 is 5.91 Å². The van der Waals surface area contributed by atoms with E-state index in [1.54, 1.807) is 42.5 Å². The summed E-state index contributed by atoms with van der Waals surface area (Å²) < 4.78 is 0.582. The maximum absolute atomic E-state index is 13.3. The minimum Gasteiger partial charge on any atom is -0.508 e. The van der Waals surface area contributed by atoms with Crippen molar-refractivity contribution in [3.05, 3.63) is 105 Å². The normalized spacial score (nSPS) is 16.9. The molecule has 37 heavy (non-hydrogen) atoms. The summed E-state index contributed by atoms with van der Waals surface area (Å²) in [7, 11) is 0. The van der Waals surface area contributed by atoms with Crippen LogP contribution in [0, 0.1) is 0 Å². The van der Waals surface area contributed by atoms with Crippen molar-refractivity contribution in [3.63, 3.8) is 0 Å². The van der Waals surface area contributed by atoms with Crippen LogP contribution < -0.4 is 4.90 Å². The molecule has 1 aliphatic heterocycles. The number of halogens is 2. The van der Waals surface area contributed by atoms with E-state index in [9.17, 15) is 19.8 Å². The standard InChI is InChI=1S/C26H17Cl2N3O4S2/c27-17-9-5-15(6-10-17)22(33)20-21(14-7-11-18(32)12-8-14)31(24(35)23(20)34)25-29-30-26(37-25)36-13-16-3-1-2-4-19(16)28/h1-12,21,32-33H,13H2/b22-20-. The number of benzene rings is 3. The molecule has 0 aliphatic carbocycles. The van der Waals surface area contributed by atoms with E-state index in [1.807, 2.05) is 18.2 Å². The van der Waals surface area contributed by atoms with Crippen LogP contribution in [0.3, 0.4) is 0 Å². The molecule has 3 aromatic carbocycles. The monoisotopic (exact) mass is 569 g/mol. The number of anilines is 1. The second kappa shape index (κ2) is 10.5. The van der Waals surface area contributed by atoms with Crippen LogP contribution in [0.4, 0.5) is 5.13 Å². The molecular formula is C26H17Cl2N3O4S2. The summed E-state index contributed by atoms with van der Waals surface area (Å²) in [6.45, 7) is 0. The molecule has 0 bridgehead atoms. The average Bonchev–Trinajstić information content (AvgIpc) is 3.46. The topological polar surface area (TPSA) is 104 Å². The first-order valence-corrected chi connectivity index (χ1v) is 13.4. The number of carbonyl (C=O) groups excluding carboxylic acids is 2. The van der Waals surface area contributed by atoms with Crippen LogP contribution in [-0.4, -0.2) is 32.1 Å². The van der Waals surface area contributed by atoms with Crippen LogP contribution in [0.5, 0.6) is 5.75 Å². The molecule has 1 atom stereocenters. The van der Waals surface area contributed by atoms with Gasteiger partial charge in [-0.15, -0.1) is 10.2 Å². The number of nitrogens with zero attached hydrogens (tertiary/aromatic N) is 3. The molecule has 1 fully saturated rings. The van der Waals surface area contributed by atoms with Gasteiger partial charge < -0.3 is 10.2 Å². The van der Waals surface area contributed by atoms with Crippen molar-refractivity contribution >= 4 is 68.9 Å². The number of Topliss-reactive ketones (excluding diaryl/α,β-unsaturated/α-hetero) is 1. The van der Waals surface area contributed by atoms with Gasteiger partial charge in [0.2, 0.25) is 5.13 Å². The summed E-state index contributed by atoms with van der Waals surface area (Å²) >= 11 is 14.8. The van der Waals surface area contributed by atoms with Crippen LogP contribution in [0.1, 0.15) is 22.7 Å². The highest BCUT2D eigenvalue weighted by Gasteiger charge is 2.48. The van der Waals surface area contributed by atoms with Gasteiger partial charge in [-0.2, -0.15) is 0 Å². The maximum atomic E-state index is 13.3. The third-order valence-electron chi connectivity index (χ3n) is 5.68. The van der Waals surface area contributed by atoms with E-state index in [0.29, 0.717) is 31.3 Å². The molecule has 11 heteroatoms. The van der Waals surface area contributed by atoms with Gasteiger partial charge in [0.1, 0.15) is 11.5 Å². The summed E-state index contributed by atoms with van der Waals surface area (Å²) in [6, 6.07) is 18.8. The summed E-state index contributed by atoms with van der Waals surface area (Å²) in [5, 5.41) is 30.6. The average molecular weight is 570 g/mol. The van der Waals surface area contributed by atoms with Gasteiger partial charge in [-0.05, 0) is 53.6 Å². The molecule has 0 radical (unpaired) electrons. The Morgan fingerprint density at radius 2 is 1.68 bits per heavy atom. The summed E-state index contributed by atoms with van der Waals surface area (Å²) in [5.41, 5.74) is 1.67. The number of aromatic hydroxyl groups is 1. The number of phenols is 1. The van der Waals surface area contributed by atoms with Crippen LogP contribution in [0.2, 0.25) is 10.0 Å². The molecule has 1 aromatic heterocycles. The second-order valence-electron chi connectivity index (χ2n) is 8.00. The van der Waals surface area contributed by atoms with Gasteiger partial charge in [-0.25, -0.2) is 0 Å². The van der Waals surface area contributed by atoms with Crippen molar-refractivity contribution in [3.8, 4) is 5.75 Å². The van der Waals surface area contributed by atoms with Crippen molar-refractivity contribution in [2.45, 2.75) is 16.1 Å². The second-order valence-corrected chi connectivity index (χ2v) is 11.0. The largest absolute Gasteiger partial charge is 0.508 e. The molecule has 7 nitrogen and oxygen atoms in total. The van der Waals surface area contributed by atoms with Gasteiger partial charge in [0.25, 0.3) is 5.78 Å². The van der Waals surface area contributed by atoms with Crippen molar-refractivity contribution in [1.82, 2.24) is 10.2 Å². The number of carbonyl (C=O) groups is 2. The predicted octanol–water partition coefficient (Wildman–Crippen LogP) is 6.47. The highest BCUT2D eigenvalue weighted by atomic mass is 35.5. The fraction of sp³-hybridized carbons (Fsp3) is 0.0769. The quantitative estimate of drug-likeness (QED) is 0.0901. The zero-order valence-corrected chi connectivity index (χ0v) is 22.0. The fourth-order valence-corrected chi connectivity index (χ4v) is 6.16. The molecule has 2 N–H and O–H groups in total. The first-order chi connectivity index (χ1) is 17.8. The summed E-state index contributed by atoms with van der Waals surface area (Å²) in [4.78, 5) is 27.7. The van der Waals surface area contributed by atoms with E-state index in [0.717, 1.165) is 16.9 Å². The van der Waals surface area contributed by atoms with Crippen molar-refractivity contribution < 1.29 is 19.8 Å². The molecule has 0 spiro atoms. The molecule has 1 saturated heterocycles. The van der Waals surface area contributed by atoms with Crippen molar-refractivity contribution in [2.75, 3.05) is 4.90 Å². The number of ketones is 1. The Kier molecular flexibility index (Phi) is 7.21. The van der Waals surface area contributed by atoms with Gasteiger partial charge in [-0.1, -0.05) is 76.6 Å². The SMILES string of the molecule is O=C1C(=O)N(c2nnc(SCc3ccccc3Cl)s2)C(c2ccc(O)cc2)/C1=C(/O)c1ccc(Cl)cc1. The number of hydrogen-bond acceptors (Lipinski definition) is 8. The third-order valence-corrected chi connectivity index (χ3v) is 8.41. The van der Waals surface area contributed by atoms with E-state index >= 15 is 0 Å². The third kappa shape index (κ3) is 5.08. The lowest BCUT2D eigenvalue weighted by Crippen LogP contribution is -2.29. The van der Waals surface area contributed by atoms with E-state index in [1.165, 1.54) is 28.8 Å². The highest BCUT2D eigenvalue weighted by molar-refractivity contribution is 8.00. The van der Waals surface area contributed by atoms with Crippen LogP contribution in [-0.2, 0) is 15.3 Å². The minimum absolute atomic E-state index is 0.0209. The van der Waals surface area contributed by atoms with E-state index in [2.05, 4.69) is 10.2 Å². The molecular weight excluding hydrogens is 553 g/mol. The number of hydrogen-bond donors (Lipinski definition) is 2. The number of amides is 1. The van der Waals surface area contributed by atoms with Gasteiger partial charge in [0, 0.05) is 21.4 Å². The number of phenolic OH excluding ortho intramolecular Hbond substituents is 1. The number of aliphatic hydroxyl groups excluding tert-OH is 1. The van der Waals surface area contributed by atoms with E-state index < -0.39 is 17.7 Å². The van der Waals surface area contributed by atoms with Gasteiger partial charge in [-0.3, -0.25) is 14.5 Å². The molecule has 1 amide bonds. The molecule has 4 aromatic rings. The number of rotatable bonds is 6. The van der Waals surface area contributed by atoms with Crippen molar-refractivity contribution in [1.29, 1.82) is 0 Å².